The number of halogens is 1. The molecule has 2 atom stereocenters. The number of thioether (sulfide) groups is 1. The number of rotatable bonds is 2. The molecule has 2 aliphatic heterocycles. The molecule has 28 heavy (non-hydrogen) atoms. The molecule has 1 aromatic rings. The Labute approximate surface area is 166 Å². The molecule has 0 saturated carbocycles. The van der Waals surface area contributed by atoms with E-state index in [0.717, 1.165) is 12.1 Å². The maximum Gasteiger partial charge on any atom is 0.413 e. The van der Waals surface area contributed by atoms with Gasteiger partial charge >= 0.3 is 6.09 Å². The summed E-state index contributed by atoms with van der Waals surface area (Å²) >= 11 is 1.31. The predicted octanol–water partition coefficient (Wildman–Crippen LogP) is 3.59. The zero-order chi connectivity index (χ0) is 20.5. The Kier molecular flexibility index (Phi) is 5.62. The quantitative estimate of drug-likeness (QED) is 0.589. The summed E-state index contributed by atoms with van der Waals surface area (Å²) in [4.78, 5) is 27.4. The van der Waals surface area contributed by atoms with Crippen LogP contribution in [0.2, 0.25) is 0 Å². The topological polar surface area (TPSA) is 103 Å². The first-order chi connectivity index (χ1) is 13.1. The molecule has 0 radical (unpaired) electrons. The standard InChI is InChI=1S/C18H22FN3O5S/c1-17(2,3)27-16(23)20-15-21-18(6-7-26-9-11(18)10-28-15)13-8-12(22(24)25)4-5-14(13)19/h4-5,8,11H,6-7,9-10H2,1-3H3,(H,20,21,23)/t11-,18-/m0/s1. The largest absolute Gasteiger partial charge is 0.444 e. The van der Waals surface area contributed by atoms with Crippen LogP contribution in [0.3, 0.4) is 0 Å². The normalized spacial score (nSPS) is 24.7. The molecule has 1 N–H and O–H groups in total. The average molecular weight is 411 g/mol. The first-order valence-corrected chi connectivity index (χ1v) is 9.84. The molecule has 0 bridgehead atoms. The summed E-state index contributed by atoms with van der Waals surface area (Å²) in [6, 6.07) is 3.45. The molecule has 2 heterocycles. The zero-order valence-corrected chi connectivity index (χ0v) is 16.7. The maximum atomic E-state index is 14.7. The lowest BCUT2D eigenvalue weighted by molar-refractivity contribution is -0.385. The third kappa shape index (κ3) is 4.27. The zero-order valence-electron chi connectivity index (χ0n) is 15.9. The van der Waals surface area contributed by atoms with E-state index in [-0.39, 0.29) is 17.2 Å². The van der Waals surface area contributed by atoms with Gasteiger partial charge in [-0.1, -0.05) is 11.8 Å². The van der Waals surface area contributed by atoms with Gasteiger partial charge in [-0.05, 0) is 26.8 Å². The van der Waals surface area contributed by atoms with Crippen molar-refractivity contribution < 1.29 is 23.6 Å². The molecule has 0 aromatic heterocycles. The van der Waals surface area contributed by atoms with E-state index in [1.54, 1.807) is 20.8 Å². The predicted molar refractivity (Wildman–Crippen MR) is 103 cm³/mol. The van der Waals surface area contributed by atoms with Crippen LogP contribution in [-0.2, 0) is 15.0 Å². The van der Waals surface area contributed by atoms with Crippen LogP contribution in [0.25, 0.3) is 0 Å². The van der Waals surface area contributed by atoms with Crippen molar-refractivity contribution in [3.63, 3.8) is 0 Å². The van der Waals surface area contributed by atoms with E-state index >= 15 is 0 Å². The van der Waals surface area contributed by atoms with Crippen LogP contribution in [-0.4, -0.2) is 40.8 Å². The Bertz CT molecular complexity index is 826. The molecule has 8 nitrogen and oxygen atoms in total. The number of benzene rings is 1. The molecule has 1 fully saturated rings. The maximum absolute atomic E-state index is 14.7. The Morgan fingerprint density at radius 2 is 2.25 bits per heavy atom. The fourth-order valence-corrected chi connectivity index (χ4v) is 4.46. The van der Waals surface area contributed by atoms with Crippen molar-refractivity contribution in [2.75, 3.05) is 19.0 Å². The number of ether oxygens (including phenoxy) is 2. The van der Waals surface area contributed by atoms with Crippen molar-refractivity contribution in [2.24, 2.45) is 10.9 Å². The number of aliphatic imine (C=N–C) groups is 1. The van der Waals surface area contributed by atoms with Gasteiger partial charge in [0.1, 0.15) is 11.4 Å². The van der Waals surface area contributed by atoms with Gasteiger partial charge in [0.05, 0.1) is 17.1 Å². The van der Waals surface area contributed by atoms with E-state index in [2.05, 4.69) is 10.3 Å². The Hall–Kier alpha value is -2.20. The van der Waals surface area contributed by atoms with Gasteiger partial charge in [0, 0.05) is 42.4 Å². The summed E-state index contributed by atoms with van der Waals surface area (Å²) in [5.41, 5.74) is -1.76. The third-order valence-electron chi connectivity index (χ3n) is 4.58. The second-order valence-electron chi connectivity index (χ2n) is 7.72. The highest BCUT2D eigenvalue weighted by molar-refractivity contribution is 8.13. The van der Waals surface area contributed by atoms with Crippen molar-refractivity contribution in [1.82, 2.24) is 5.32 Å². The van der Waals surface area contributed by atoms with Crippen molar-refractivity contribution in [1.29, 1.82) is 0 Å². The molecule has 1 amide bonds. The smallest absolute Gasteiger partial charge is 0.413 e. The third-order valence-corrected chi connectivity index (χ3v) is 5.62. The van der Waals surface area contributed by atoms with Gasteiger partial charge in [0.2, 0.25) is 0 Å². The van der Waals surface area contributed by atoms with Crippen LogP contribution in [0.15, 0.2) is 23.2 Å². The number of nitrogens with one attached hydrogen (secondary N) is 1. The molecular formula is C18H22FN3O5S. The van der Waals surface area contributed by atoms with Gasteiger partial charge in [0.15, 0.2) is 5.17 Å². The van der Waals surface area contributed by atoms with Crippen LogP contribution >= 0.6 is 11.8 Å². The number of nitro groups is 1. The van der Waals surface area contributed by atoms with Gasteiger partial charge < -0.3 is 9.47 Å². The molecule has 1 aromatic carbocycles. The number of hydrogen-bond acceptors (Lipinski definition) is 7. The Morgan fingerprint density at radius 3 is 2.93 bits per heavy atom. The minimum atomic E-state index is -1.04. The summed E-state index contributed by atoms with van der Waals surface area (Å²) in [7, 11) is 0. The number of amidine groups is 1. The minimum absolute atomic E-state index is 0.152. The second-order valence-corrected chi connectivity index (χ2v) is 8.73. The molecule has 0 spiro atoms. The number of nitrogens with zero attached hydrogens (tertiary/aromatic N) is 2. The lowest BCUT2D eigenvalue weighted by atomic mass is 9.75. The molecule has 10 heteroatoms. The molecule has 0 unspecified atom stereocenters. The van der Waals surface area contributed by atoms with E-state index in [1.165, 1.54) is 17.8 Å². The van der Waals surface area contributed by atoms with Gasteiger partial charge in [-0.2, -0.15) is 0 Å². The first-order valence-electron chi connectivity index (χ1n) is 8.85. The lowest BCUT2D eigenvalue weighted by Crippen LogP contribution is -2.48. The number of amides is 1. The van der Waals surface area contributed by atoms with E-state index in [4.69, 9.17) is 9.47 Å². The van der Waals surface area contributed by atoms with E-state index in [0.29, 0.717) is 30.6 Å². The van der Waals surface area contributed by atoms with Gasteiger partial charge in [-0.3, -0.25) is 20.4 Å². The van der Waals surface area contributed by atoms with E-state index in [9.17, 15) is 19.3 Å². The second kappa shape index (κ2) is 7.67. The fraction of sp³-hybridized carbons (Fsp3) is 0.556. The van der Waals surface area contributed by atoms with Crippen LogP contribution in [0.1, 0.15) is 32.8 Å². The highest BCUT2D eigenvalue weighted by Crippen LogP contribution is 2.46. The van der Waals surface area contributed by atoms with Crippen molar-refractivity contribution in [3.8, 4) is 0 Å². The molecule has 2 aliphatic rings. The van der Waals surface area contributed by atoms with Crippen LogP contribution in [0.4, 0.5) is 14.9 Å². The van der Waals surface area contributed by atoms with E-state index < -0.39 is 28.0 Å². The first kappa shape index (κ1) is 20.5. The van der Waals surface area contributed by atoms with Crippen LogP contribution < -0.4 is 5.32 Å². The van der Waals surface area contributed by atoms with Crippen molar-refractivity contribution in [3.05, 3.63) is 39.7 Å². The average Bonchev–Trinajstić information content (AvgIpc) is 2.59. The number of hydrogen-bond donors (Lipinski definition) is 1. The summed E-state index contributed by atoms with van der Waals surface area (Å²) in [6.07, 6.45) is -0.297. The van der Waals surface area contributed by atoms with Crippen LogP contribution in [0.5, 0.6) is 0 Å². The molecule has 3 rings (SSSR count). The fourth-order valence-electron chi connectivity index (χ4n) is 3.35. The number of alkyl carbamates (subject to hydrolysis) is 1. The summed E-state index contributed by atoms with van der Waals surface area (Å²) < 4.78 is 25.5. The lowest BCUT2D eigenvalue weighted by Gasteiger charge is -2.44. The van der Waals surface area contributed by atoms with Gasteiger partial charge in [0.25, 0.3) is 5.69 Å². The molecule has 0 aliphatic carbocycles. The minimum Gasteiger partial charge on any atom is -0.444 e. The summed E-state index contributed by atoms with van der Waals surface area (Å²) in [5.74, 6) is -0.215. The summed E-state index contributed by atoms with van der Waals surface area (Å²) in [6.45, 7) is 5.94. The highest BCUT2D eigenvalue weighted by Gasteiger charge is 2.48. The highest BCUT2D eigenvalue weighted by atomic mass is 32.2. The Balaban J connectivity index is 2.00. The number of fused-ring (bicyclic) bond motifs is 1. The van der Waals surface area contributed by atoms with Gasteiger partial charge in [-0.15, -0.1) is 0 Å². The van der Waals surface area contributed by atoms with E-state index in [1.807, 2.05) is 0 Å². The van der Waals surface area contributed by atoms with Crippen molar-refractivity contribution >= 4 is 28.7 Å². The number of carbonyl (C=O) groups excluding carboxylic acids is 1. The molecule has 1 saturated heterocycles. The monoisotopic (exact) mass is 411 g/mol. The van der Waals surface area contributed by atoms with Gasteiger partial charge in [-0.25, -0.2) is 9.18 Å². The SMILES string of the molecule is CC(C)(C)OC(=O)NC1=N[C@@]2(c3cc([N+](=O)[O-])ccc3F)CCOC[C@H]2CS1. The number of non-ortho nitro benzene ring substituents is 1. The Morgan fingerprint density at radius 1 is 1.50 bits per heavy atom. The molecular weight excluding hydrogens is 389 g/mol. The number of nitro benzene ring substituents is 1. The summed E-state index contributed by atoms with van der Waals surface area (Å²) in [5, 5.41) is 14.1. The van der Waals surface area contributed by atoms with Crippen LogP contribution in [0, 0.1) is 21.8 Å². The van der Waals surface area contributed by atoms with Crippen molar-refractivity contribution in [2.45, 2.75) is 38.3 Å². The number of carbonyl (C=O) groups is 1. The molecule has 152 valence electrons.